The van der Waals surface area contributed by atoms with Crippen molar-refractivity contribution in [3.05, 3.63) is 0 Å². The van der Waals surface area contributed by atoms with Crippen molar-refractivity contribution in [1.82, 2.24) is 0 Å². The van der Waals surface area contributed by atoms with Gasteiger partial charge in [-0.1, -0.05) is 541 Å². The zero-order valence-electron chi connectivity index (χ0n) is 65.0. The van der Waals surface area contributed by atoms with Crippen LogP contribution in [0.25, 0.3) is 0 Å². The largest absolute Gasteiger partial charge is 0.107 e. The van der Waals surface area contributed by atoms with Crippen molar-refractivity contribution in [2.45, 2.75) is 560 Å². The molecule has 0 atom stereocenters. The van der Waals surface area contributed by atoms with E-state index in [1.807, 2.05) is 0 Å². The molecule has 0 radical (unpaired) electrons. The van der Waals surface area contributed by atoms with Gasteiger partial charge in [0.2, 0.25) is 0 Å². The van der Waals surface area contributed by atoms with Gasteiger partial charge in [0, 0.05) is 0 Å². The van der Waals surface area contributed by atoms with Crippen molar-refractivity contribution < 1.29 is 0 Å². The summed E-state index contributed by atoms with van der Waals surface area (Å²) in [5.74, 6) is 0. The molecule has 0 aliphatic rings. The van der Waals surface area contributed by atoms with Crippen LogP contribution in [0.2, 0.25) is 0 Å². The number of unbranched alkanes of at least 4 members (excludes halogenated alkanes) is 81. The van der Waals surface area contributed by atoms with Gasteiger partial charge >= 0.3 is 0 Å². The first kappa shape index (κ1) is 91.4. The van der Waals surface area contributed by atoms with Gasteiger partial charge in [-0.2, -0.15) is 0 Å². The summed E-state index contributed by atoms with van der Waals surface area (Å²) in [5, 5.41) is 0. The summed E-state index contributed by atoms with van der Waals surface area (Å²) in [7, 11) is 0.289. The molecule has 0 rings (SSSR count). The zero-order chi connectivity index (χ0) is 65.1. The molecule has 0 heterocycles. The third-order valence-corrected chi connectivity index (χ3v) is 24.8. The third kappa shape index (κ3) is 86.5. The van der Waals surface area contributed by atoms with Gasteiger partial charge in [0.05, 0.1) is 0 Å². The van der Waals surface area contributed by atoms with Crippen LogP contribution in [0.3, 0.4) is 0 Å². The van der Waals surface area contributed by atoms with Crippen molar-refractivity contribution >= 4 is 7.92 Å². The molecule has 0 aromatic rings. The second-order valence-corrected chi connectivity index (χ2v) is 34.2. The Kier molecular flexibility index (Phi) is 88.9. The Labute approximate surface area is 583 Å². The van der Waals surface area contributed by atoms with E-state index < -0.39 is 0 Å². The van der Waals surface area contributed by atoms with Crippen LogP contribution in [0.4, 0.5) is 0 Å². The number of hydrogen-bond donors (Lipinski definition) is 0. The predicted octanol–water partition coefficient (Wildman–Crippen LogP) is 35.3. The van der Waals surface area contributed by atoms with Crippen molar-refractivity contribution in [3.63, 3.8) is 0 Å². The molecule has 0 aromatic carbocycles. The van der Waals surface area contributed by atoms with Crippen LogP contribution in [0.5, 0.6) is 0 Å². The van der Waals surface area contributed by atoms with Crippen LogP contribution in [0.1, 0.15) is 560 Å². The quantitative estimate of drug-likeness (QED) is 0.0421. The molecule has 0 bridgehead atoms. The average Bonchev–Trinajstić information content (AvgIpc) is 3.61. The summed E-state index contributed by atoms with van der Waals surface area (Å²) >= 11 is 0. The van der Waals surface area contributed by atoms with E-state index in [9.17, 15) is 0 Å². The van der Waals surface area contributed by atoms with E-state index in [-0.39, 0.29) is 7.92 Å². The smallest absolute Gasteiger partial charge is 0.0326 e. The molecule has 0 saturated heterocycles. The lowest BCUT2D eigenvalue weighted by atomic mass is 10.0. The van der Waals surface area contributed by atoms with Crippen LogP contribution in [0, 0.1) is 0 Å². The first-order chi connectivity index (χ1) is 45.3. The summed E-state index contributed by atoms with van der Waals surface area (Å²) in [6.45, 7) is 6.97. The van der Waals surface area contributed by atoms with Gasteiger partial charge < -0.3 is 0 Å². The Morgan fingerprint density at radius 2 is 0.154 bits per heavy atom. The van der Waals surface area contributed by atoms with Crippen molar-refractivity contribution in [2.75, 3.05) is 18.5 Å². The maximum atomic E-state index is 2.32. The molecule has 548 valence electrons. The van der Waals surface area contributed by atoms with E-state index in [2.05, 4.69) is 20.8 Å². The molecule has 0 aliphatic carbocycles. The minimum absolute atomic E-state index is 0.289. The highest BCUT2D eigenvalue weighted by Gasteiger charge is 2.09. The summed E-state index contributed by atoms with van der Waals surface area (Å²) in [6.07, 6.45) is 130. The lowest BCUT2D eigenvalue weighted by Gasteiger charge is -2.18. The van der Waals surface area contributed by atoms with E-state index in [0.29, 0.717) is 0 Å². The Balaban J connectivity index is 4.01. The molecule has 0 fully saturated rings. The fourth-order valence-corrected chi connectivity index (χ4v) is 18.0. The Hall–Kier alpha value is 0.430. The molecule has 0 N–H and O–H groups in total. The van der Waals surface area contributed by atoms with Gasteiger partial charge in [0.15, 0.2) is 0 Å². The zero-order valence-corrected chi connectivity index (χ0v) is 65.9. The summed E-state index contributed by atoms with van der Waals surface area (Å²) in [6, 6.07) is 0. The molecule has 91 heavy (non-hydrogen) atoms. The monoisotopic (exact) mass is 1300 g/mol. The second-order valence-electron chi connectivity index (χ2n) is 31.5. The van der Waals surface area contributed by atoms with E-state index in [4.69, 9.17) is 0 Å². The fraction of sp³-hybridized carbons (Fsp3) is 1.00. The van der Waals surface area contributed by atoms with Gasteiger partial charge in [0.25, 0.3) is 0 Å². The predicted molar refractivity (Wildman–Crippen MR) is 426 cm³/mol. The fourth-order valence-electron chi connectivity index (χ4n) is 15.3. The minimum Gasteiger partial charge on any atom is -0.107 e. The normalized spacial score (nSPS) is 11.9. The van der Waals surface area contributed by atoms with Gasteiger partial charge in [-0.25, -0.2) is 0 Å². The molecule has 0 saturated carbocycles. The second kappa shape index (κ2) is 88.4. The van der Waals surface area contributed by atoms with Crippen molar-refractivity contribution in [3.8, 4) is 0 Å². The molecule has 0 unspecified atom stereocenters. The highest BCUT2D eigenvalue weighted by atomic mass is 31.1. The molecular weight excluding hydrogens is 1110 g/mol. The summed E-state index contributed by atoms with van der Waals surface area (Å²) in [4.78, 5) is 0. The third-order valence-electron chi connectivity index (χ3n) is 22.0. The maximum absolute atomic E-state index is 2.32. The Bertz CT molecular complexity index is 1030. The first-order valence-electron chi connectivity index (χ1n) is 45.1. The van der Waals surface area contributed by atoms with Gasteiger partial charge in [-0.05, 0) is 37.7 Å². The van der Waals surface area contributed by atoms with Gasteiger partial charge in [-0.15, -0.1) is 7.92 Å². The van der Waals surface area contributed by atoms with E-state index in [1.165, 1.54) is 520 Å². The lowest BCUT2D eigenvalue weighted by Crippen LogP contribution is -1.97. The molecule has 0 aliphatic heterocycles. The summed E-state index contributed by atoms with van der Waals surface area (Å²) < 4.78 is 0. The molecule has 1 heteroatoms. The Morgan fingerprint density at radius 3 is 0.231 bits per heavy atom. The highest BCUT2D eigenvalue weighted by molar-refractivity contribution is 7.57. The maximum Gasteiger partial charge on any atom is -0.0326 e. The van der Waals surface area contributed by atoms with Crippen LogP contribution >= 0.6 is 7.92 Å². The molecule has 0 spiro atoms. The van der Waals surface area contributed by atoms with Crippen molar-refractivity contribution in [2.24, 2.45) is 0 Å². The number of rotatable bonds is 87. The highest BCUT2D eigenvalue weighted by Crippen LogP contribution is 2.40. The lowest BCUT2D eigenvalue weighted by molar-refractivity contribution is 0.514. The van der Waals surface area contributed by atoms with E-state index in [0.717, 1.165) is 0 Å². The minimum atomic E-state index is 0.289. The average molecular weight is 1300 g/mol. The van der Waals surface area contributed by atoms with Crippen LogP contribution < -0.4 is 0 Å². The SMILES string of the molecule is CCCCCCCCCCCCCCCCCCCCCCCCCCCCCCP(CCCCCCCCCCCCCCCCCCCCCCCCCCCCCC)CCCCCCCCCCCCCCCCCCCCCCCCCCCCCC. The standard InChI is InChI=1S/C90H183P/c1-4-7-10-13-16-19-22-25-28-31-34-37-40-43-46-49-52-55-58-61-64-67-70-73-76-79-82-85-88-91(89-86-83-80-77-74-71-68-65-62-59-56-53-50-47-44-41-38-35-32-29-26-23-20-17-14-11-8-5-2)90-87-84-81-78-75-72-69-66-63-60-57-54-51-48-45-42-39-36-33-30-27-24-21-18-15-12-9-6-3/h4-90H2,1-3H3. The van der Waals surface area contributed by atoms with Crippen LogP contribution in [0.15, 0.2) is 0 Å². The topological polar surface area (TPSA) is 0 Å². The Morgan fingerprint density at radius 1 is 0.0879 bits per heavy atom. The van der Waals surface area contributed by atoms with Gasteiger partial charge in [0.1, 0.15) is 0 Å². The molecular formula is C90H183P. The van der Waals surface area contributed by atoms with Crippen molar-refractivity contribution in [1.29, 1.82) is 0 Å². The summed E-state index contributed by atoms with van der Waals surface area (Å²) in [5.41, 5.74) is 0. The first-order valence-corrected chi connectivity index (χ1v) is 47.0. The molecule has 0 nitrogen and oxygen atoms in total. The number of hydrogen-bond acceptors (Lipinski definition) is 0. The molecule has 0 amide bonds. The van der Waals surface area contributed by atoms with E-state index >= 15 is 0 Å². The van der Waals surface area contributed by atoms with E-state index in [1.54, 1.807) is 37.7 Å². The van der Waals surface area contributed by atoms with Crippen LogP contribution in [-0.2, 0) is 0 Å². The van der Waals surface area contributed by atoms with Gasteiger partial charge in [-0.3, -0.25) is 0 Å². The van der Waals surface area contributed by atoms with Crippen LogP contribution in [-0.4, -0.2) is 18.5 Å². The molecule has 0 aromatic heterocycles.